The maximum atomic E-state index is 14.8. The summed E-state index contributed by atoms with van der Waals surface area (Å²) in [6.07, 6.45) is 5.10. The summed E-state index contributed by atoms with van der Waals surface area (Å²) in [6, 6.07) is 2.63. The maximum absolute atomic E-state index is 14.8. The van der Waals surface area contributed by atoms with Crippen LogP contribution in [0, 0.1) is 17.6 Å². The Labute approximate surface area is 185 Å². The topological polar surface area (TPSA) is 109 Å². The fourth-order valence-corrected chi connectivity index (χ4v) is 4.64. The van der Waals surface area contributed by atoms with Gasteiger partial charge in [-0.1, -0.05) is 18.2 Å². The Balaban J connectivity index is 1.83. The van der Waals surface area contributed by atoms with E-state index in [1.807, 2.05) is 0 Å². The Hall–Kier alpha value is -3.15. The molecule has 1 aromatic heterocycles. The first-order valence-electron chi connectivity index (χ1n) is 9.89. The predicted molar refractivity (Wildman–Crippen MR) is 113 cm³/mol. The van der Waals surface area contributed by atoms with E-state index in [0.717, 1.165) is 31.7 Å². The molecule has 9 nitrogen and oxygen atoms in total. The van der Waals surface area contributed by atoms with Crippen molar-refractivity contribution in [1.82, 2.24) is 15.0 Å². The number of rotatable bonds is 8. The van der Waals surface area contributed by atoms with Gasteiger partial charge in [0.25, 0.3) is 10.0 Å². The number of anilines is 1. The minimum absolute atomic E-state index is 0.0722. The smallest absolute Gasteiger partial charge is 0.266 e. The van der Waals surface area contributed by atoms with Crippen LogP contribution < -0.4 is 9.46 Å². The molecule has 2 atom stereocenters. The Kier molecular flexibility index (Phi) is 7.33. The second kappa shape index (κ2) is 9.98. The molecule has 0 bridgehead atoms. The quantitative estimate of drug-likeness (QED) is 0.466. The van der Waals surface area contributed by atoms with Crippen LogP contribution in [0.25, 0.3) is 0 Å². The number of nitrogens with one attached hydrogen (secondary N) is 1. The first-order valence-corrected chi connectivity index (χ1v) is 11.4. The molecule has 1 fully saturated rings. The lowest BCUT2D eigenvalue weighted by molar-refractivity contribution is 0.0909. The van der Waals surface area contributed by atoms with E-state index < -0.39 is 32.7 Å². The molecule has 1 heterocycles. The largest absolute Gasteiger partial charge is 0.487 e. The molecule has 172 valence electrons. The third kappa shape index (κ3) is 5.36. The molecule has 1 N–H and O–H groups in total. The summed E-state index contributed by atoms with van der Waals surface area (Å²) in [5.74, 6) is -2.76. The molecule has 2 aromatic rings. The number of benzene rings is 1. The number of halogens is 2. The van der Waals surface area contributed by atoms with E-state index in [-0.39, 0.29) is 17.5 Å². The highest BCUT2D eigenvalue weighted by molar-refractivity contribution is 7.92. The summed E-state index contributed by atoms with van der Waals surface area (Å²) < 4.78 is 62.4. The van der Waals surface area contributed by atoms with Crippen LogP contribution in [0.1, 0.15) is 25.7 Å². The Bertz CT molecular complexity index is 1100. The van der Waals surface area contributed by atoms with E-state index in [2.05, 4.69) is 31.6 Å². The van der Waals surface area contributed by atoms with Crippen molar-refractivity contribution in [3.05, 3.63) is 54.6 Å². The highest BCUT2D eigenvalue weighted by Gasteiger charge is 2.32. The molecule has 12 heteroatoms. The Morgan fingerprint density at radius 3 is 2.72 bits per heavy atom. The normalized spacial score (nSPS) is 19.0. The predicted octanol–water partition coefficient (Wildman–Crippen LogP) is 3.94. The van der Waals surface area contributed by atoms with Gasteiger partial charge in [0.15, 0.2) is 11.6 Å². The second-order valence-corrected chi connectivity index (χ2v) is 8.92. The zero-order valence-electron chi connectivity index (χ0n) is 17.7. The molecule has 1 saturated carbocycles. The van der Waals surface area contributed by atoms with E-state index in [4.69, 9.17) is 4.74 Å². The van der Waals surface area contributed by atoms with Crippen molar-refractivity contribution in [2.24, 2.45) is 16.3 Å². The molecule has 3 rings (SSSR count). The zero-order chi connectivity index (χ0) is 23.3. The molecular formula is C20H24F2N6O3S. The monoisotopic (exact) mass is 466 g/mol. The Morgan fingerprint density at radius 1 is 1.28 bits per heavy atom. The first-order chi connectivity index (χ1) is 15.2. The van der Waals surface area contributed by atoms with Crippen LogP contribution in [-0.2, 0) is 10.0 Å². The average molecular weight is 467 g/mol. The second-order valence-electron chi connectivity index (χ2n) is 7.26. The molecule has 0 unspecified atom stereocenters. The van der Waals surface area contributed by atoms with Gasteiger partial charge >= 0.3 is 0 Å². The van der Waals surface area contributed by atoms with Crippen LogP contribution in [0.2, 0.25) is 0 Å². The van der Waals surface area contributed by atoms with Gasteiger partial charge in [-0.05, 0) is 25.3 Å². The van der Waals surface area contributed by atoms with Crippen molar-refractivity contribution < 1.29 is 21.9 Å². The SMILES string of the molecule is C=C([C@H]1CCCC[C@@H]1Oc1cc(F)c(S(=O)(=O)Nc2ccncn2)cc1F)N(C)N=NC. The van der Waals surface area contributed by atoms with Crippen molar-refractivity contribution in [3.8, 4) is 5.75 Å². The molecule has 0 radical (unpaired) electrons. The van der Waals surface area contributed by atoms with Gasteiger partial charge in [0, 0.05) is 37.0 Å². The summed E-state index contributed by atoms with van der Waals surface area (Å²) in [6.45, 7) is 4.04. The van der Waals surface area contributed by atoms with Gasteiger partial charge in [0.2, 0.25) is 0 Å². The summed E-state index contributed by atoms with van der Waals surface area (Å²) >= 11 is 0. The Morgan fingerprint density at radius 2 is 2.03 bits per heavy atom. The van der Waals surface area contributed by atoms with Gasteiger partial charge < -0.3 is 4.74 Å². The molecule has 0 saturated heterocycles. The molecule has 1 aliphatic rings. The van der Waals surface area contributed by atoms with Gasteiger partial charge in [-0.3, -0.25) is 9.73 Å². The van der Waals surface area contributed by atoms with Crippen LogP contribution in [0.15, 0.2) is 58.2 Å². The number of hydrogen-bond acceptors (Lipinski definition) is 7. The van der Waals surface area contributed by atoms with E-state index in [0.29, 0.717) is 18.2 Å². The maximum Gasteiger partial charge on any atom is 0.266 e. The third-order valence-electron chi connectivity index (χ3n) is 5.14. The number of ether oxygens (including phenoxy) is 1. The number of sulfonamides is 1. The number of nitrogens with zero attached hydrogens (tertiary/aromatic N) is 5. The lowest BCUT2D eigenvalue weighted by Crippen LogP contribution is -2.35. The van der Waals surface area contributed by atoms with Crippen molar-refractivity contribution in [2.45, 2.75) is 36.7 Å². The molecule has 0 spiro atoms. The number of hydrogen-bond donors (Lipinski definition) is 1. The average Bonchev–Trinajstić information content (AvgIpc) is 2.76. The fraction of sp³-hybridized carbons (Fsp3) is 0.400. The standard InChI is InChI=1S/C20H24F2N6O3S/c1-13(28(3)27-23-2)14-6-4-5-7-17(14)31-18-10-16(22)19(11-15(18)21)32(29,30)26-20-8-9-24-12-25-20/h8-12,14,17H,1,4-7H2,2-3H3,(H,24,25,26)/t14-,17+/m1/s1. The minimum atomic E-state index is -4.41. The van der Waals surface area contributed by atoms with Gasteiger partial charge in [0.05, 0.1) is 7.05 Å². The van der Waals surface area contributed by atoms with Crippen LogP contribution in [-0.4, -0.2) is 43.6 Å². The van der Waals surface area contributed by atoms with Gasteiger partial charge in [-0.2, -0.15) is 5.11 Å². The van der Waals surface area contributed by atoms with E-state index in [9.17, 15) is 17.2 Å². The molecule has 1 aliphatic carbocycles. The lowest BCUT2D eigenvalue weighted by Gasteiger charge is -2.35. The third-order valence-corrected chi connectivity index (χ3v) is 6.51. The van der Waals surface area contributed by atoms with E-state index >= 15 is 0 Å². The molecule has 0 amide bonds. The van der Waals surface area contributed by atoms with Crippen LogP contribution >= 0.6 is 0 Å². The minimum Gasteiger partial charge on any atom is -0.487 e. The van der Waals surface area contributed by atoms with Crippen molar-refractivity contribution >= 4 is 15.8 Å². The zero-order valence-corrected chi connectivity index (χ0v) is 18.5. The summed E-state index contributed by atoms with van der Waals surface area (Å²) in [4.78, 5) is 6.54. The van der Waals surface area contributed by atoms with Gasteiger partial charge in [-0.15, -0.1) is 0 Å². The first kappa shape index (κ1) is 23.5. The van der Waals surface area contributed by atoms with E-state index in [1.54, 1.807) is 7.05 Å². The van der Waals surface area contributed by atoms with Gasteiger partial charge in [0.1, 0.15) is 29.0 Å². The molecule has 32 heavy (non-hydrogen) atoms. The van der Waals surface area contributed by atoms with Gasteiger partial charge in [-0.25, -0.2) is 27.2 Å². The van der Waals surface area contributed by atoms with Crippen molar-refractivity contribution in [1.29, 1.82) is 0 Å². The molecule has 1 aromatic carbocycles. The van der Waals surface area contributed by atoms with E-state index in [1.165, 1.54) is 24.3 Å². The summed E-state index contributed by atoms with van der Waals surface area (Å²) in [7, 11) is -1.18. The fourth-order valence-electron chi connectivity index (χ4n) is 3.56. The van der Waals surface area contributed by atoms with Crippen molar-refractivity contribution in [2.75, 3.05) is 18.8 Å². The number of aromatic nitrogens is 2. The van der Waals surface area contributed by atoms with Crippen LogP contribution in [0.5, 0.6) is 5.75 Å². The van der Waals surface area contributed by atoms with Crippen molar-refractivity contribution in [3.63, 3.8) is 0 Å². The van der Waals surface area contributed by atoms with Crippen LogP contribution in [0.4, 0.5) is 14.6 Å². The highest BCUT2D eigenvalue weighted by atomic mass is 32.2. The summed E-state index contributed by atoms with van der Waals surface area (Å²) in [5, 5.41) is 9.18. The van der Waals surface area contributed by atoms with Crippen LogP contribution in [0.3, 0.4) is 0 Å². The summed E-state index contributed by atoms with van der Waals surface area (Å²) in [5.41, 5.74) is 0.648. The highest BCUT2D eigenvalue weighted by Crippen LogP contribution is 2.35. The lowest BCUT2D eigenvalue weighted by atomic mass is 9.84. The molecular weight excluding hydrogens is 442 g/mol. The molecule has 0 aliphatic heterocycles.